The number of hydrogen-bond acceptors (Lipinski definition) is 4. The highest BCUT2D eigenvalue weighted by Crippen LogP contribution is 2.14. The van der Waals surface area contributed by atoms with Crippen molar-refractivity contribution >= 4 is 17.8 Å². The number of rotatable bonds is 6. The van der Waals surface area contributed by atoms with E-state index in [0.717, 1.165) is 19.1 Å². The van der Waals surface area contributed by atoms with Gasteiger partial charge in [0.2, 0.25) is 5.84 Å². The second kappa shape index (κ2) is 9.81. The summed E-state index contributed by atoms with van der Waals surface area (Å²) >= 11 is 0. The van der Waals surface area contributed by atoms with Gasteiger partial charge in [-0.3, -0.25) is 9.48 Å². The van der Waals surface area contributed by atoms with Crippen LogP contribution in [0, 0.1) is 0 Å². The highest BCUT2D eigenvalue weighted by Gasteiger charge is 2.35. The molecule has 138 valence electrons. The summed E-state index contributed by atoms with van der Waals surface area (Å²) < 4.78 is 2.53. The molecule has 1 heterocycles. The van der Waals surface area contributed by atoms with Crippen LogP contribution in [-0.2, 0) is 0 Å². The van der Waals surface area contributed by atoms with Crippen LogP contribution in [0.25, 0.3) is 0 Å². The van der Waals surface area contributed by atoms with Gasteiger partial charge in [0.1, 0.15) is 12.6 Å². The van der Waals surface area contributed by atoms with Crippen LogP contribution in [0.2, 0.25) is 0 Å². The molecule has 1 aromatic carbocycles. The lowest BCUT2D eigenvalue weighted by molar-refractivity contribution is -0.518. The van der Waals surface area contributed by atoms with Crippen molar-refractivity contribution in [3.63, 3.8) is 0 Å². The molecule has 0 spiro atoms. The van der Waals surface area contributed by atoms with Gasteiger partial charge in [0.15, 0.2) is 0 Å². The minimum atomic E-state index is -1.48. The number of benzene rings is 1. The molecule has 1 aliphatic heterocycles. The number of amidine groups is 1. The Morgan fingerprint density at radius 2 is 1.80 bits per heavy atom. The average molecular weight is 348 g/mol. The monoisotopic (exact) mass is 348 g/mol. The van der Waals surface area contributed by atoms with E-state index in [1.54, 1.807) is 5.84 Å². The number of carboxylic acids is 2. The molecule has 0 saturated carbocycles. The number of hydrogen-bond donors (Lipinski definition) is 1. The van der Waals surface area contributed by atoms with Crippen molar-refractivity contribution in [2.75, 3.05) is 19.6 Å². The first kappa shape index (κ1) is 20.7. The third-order valence-electron chi connectivity index (χ3n) is 4.46. The summed E-state index contributed by atoms with van der Waals surface area (Å²) in [5, 5.41) is 18.9. The van der Waals surface area contributed by atoms with Crippen LogP contribution < -0.4 is 5.11 Å². The van der Waals surface area contributed by atoms with Gasteiger partial charge in [-0.1, -0.05) is 32.0 Å². The van der Waals surface area contributed by atoms with E-state index >= 15 is 0 Å². The Bertz CT molecular complexity index is 607. The lowest BCUT2D eigenvalue weighted by Crippen LogP contribution is -2.35. The van der Waals surface area contributed by atoms with Gasteiger partial charge in [0, 0.05) is 12.0 Å². The van der Waals surface area contributed by atoms with Gasteiger partial charge in [-0.15, -0.1) is 0 Å². The molecule has 0 aliphatic carbocycles. The summed E-state index contributed by atoms with van der Waals surface area (Å²) in [7, 11) is 0. The molecule has 6 nitrogen and oxygen atoms in total. The fourth-order valence-electron chi connectivity index (χ4n) is 3.23. The molecule has 0 amide bonds. The molecule has 0 bridgehead atoms. The second-order valence-corrected chi connectivity index (χ2v) is 5.79. The van der Waals surface area contributed by atoms with Gasteiger partial charge in [-0.05, 0) is 26.3 Å². The Balaban J connectivity index is 0.000000251. The molecule has 1 aromatic rings. The normalized spacial score (nSPS) is 16.5. The van der Waals surface area contributed by atoms with Crippen molar-refractivity contribution in [1.29, 1.82) is 0 Å². The maximum atomic E-state index is 10.4. The van der Waals surface area contributed by atoms with Crippen molar-refractivity contribution < 1.29 is 24.4 Å². The zero-order valence-electron chi connectivity index (χ0n) is 15.5. The van der Waals surface area contributed by atoms with E-state index in [0.29, 0.717) is 0 Å². The van der Waals surface area contributed by atoms with E-state index in [1.807, 2.05) is 0 Å². The average Bonchev–Trinajstić information content (AvgIpc) is 2.98. The highest BCUT2D eigenvalue weighted by atomic mass is 16.4. The Morgan fingerprint density at radius 1 is 1.20 bits per heavy atom. The first-order chi connectivity index (χ1) is 11.9. The van der Waals surface area contributed by atoms with Crippen LogP contribution in [0.5, 0.6) is 0 Å². The molecule has 0 aromatic heterocycles. The van der Waals surface area contributed by atoms with Crippen LogP contribution in [-0.4, -0.2) is 58.0 Å². The Labute approximate surface area is 149 Å². The number of nitrogens with zero attached hydrogens (tertiary/aromatic N) is 2. The predicted octanol–water partition coefficient (Wildman–Crippen LogP) is 1.69. The highest BCUT2D eigenvalue weighted by molar-refractivity contribution is 6.00. The van der Waals surface area contributed by atoms with Gasteiger partial charge >= 0.3 is 5.97 Å². The Kier molecular flexibility index (Phi) is 8.11. The van der Waals surface area contributed by atoms with Crippen molar-refractivity contribution in [2.24, 2.45) is 0 Å². The number of carboxylic acid groups (broad SMARTS) is 2. The molecule has 0 fully saturated rings. The SMILES string of the molecule is CCC1=[N+](CC)CC(CC)N1CC.O=C([O-])c1ccccc1C(=O)O. The van der Waals surface area contributed by atoms with Crippen molar-refractivity contribution in [3.8, 4) is 0 Å². The summed E-state index contributed by atoms with van der Waals surface area (Å²) in [5.74, 6) is -1.19. The predicted molar refractivity (Wildman–Crippen MR) is 95.2 cm³/mol. The summed E-state index contributed by atoms with van der Waals surface area (Å²) in [6, 6.07) is 6.07. The van der Waals surface area contributed by atoms with Crippen LogP contribution in [0.1, 0.15) is 61.3 Å². The largest absolute Gasteiger partial charge is 0.545 e. The van der Waals surface area contributed by atoms with E-state index in [4.69, 9.17) is 5.11 Å². The topological polar surface area (TPSA) is 83.7 Å². The molecule has 2 rings (SSSR count). The number of carbonyl (C=O) groups is 2. The summed E-state index contributed by atoms with van der Waals surface area (Å²) in [6.07, 6.45) is 2.45. The van der Waals surface area contributed by atoms with Crippen molar-refractivity contribution in [1.82, 2.24) is 4.90 Å². The number of aromatic carboxylic acids is 2. The fourth-order valence-corrected chi connectivity index (χ4v) is 3.23. The third kappa shape index (κ3) is 5.05. The minimum Gasteiger partial charge on any atom is -0.545 e. The van der Waals surface area contributed by atoms with Gasteiger partial charge in [0.05, 0.1) is 24.6 Å². The van der Waals surface area contributed by atoms with Gasteiger partial charge < -0.3 is 15.0 Å². The number of likely N-dealkylation sites (N-methyl/N-ethyl adjacent to an activating group) is 2. The lowest BCUT2D eigenvalue weighted by Gasteiger charge is -2.16. The summed E-state index contributed by atoms with van der Waals surface area (Å²) in [6.45, 7) is 12.6. The van der Waals surface area contributed by atoms with Crippen molar-refractivity contribution in [3.05, 3.63) is 35.4 Å². The van der Waals surface area contributed by atoms with E-state index < -0.39 is 11.9 Å². The molecule has 1 unspecified atom stereocenters. The Morgan fingerprint density at radius 3 is 2.16 bits per heavy atom. The molecule has 0 saturated heterocycles. The standard InChI is InChI=1S/C11H23N2.C8H6O4/c1-5-10-9-12(7-3)11(6-2)13(10)8-4;9-7(10)5-3-1-2-4-6(5)8(11)12/h10H,5-9H2,1-4H3;1-4H,(H,9,10)(H,11,12)/q+1;/p-1. The zero-order chi connectivity index (χ0) is 19.0. The van der Waals surface area contributed by atoms with Crippen LogP contribution >= 0.6 is 0 Å². The van der Waals surface area contributed by atoms with E-state index in [-0.39, 0.29) is 11.1 Å². The molecule has 1 atom stereocenters. The first-order valence-corrected chi connectivity index (χ1v) is 8.82. The van der Waals surface area contributed by atoms with Crippen LogP contribution in [0.3, 0.4) is 0 Å². The van der Waals surface area contributed by atoms with Crippen molar-refractivity contribution in [2.45, 2.75) is 46.6 Å². The fraction of sp³-hybridized carbons (Fsp3) is 0.526. The summed E-state index contributed by atoms with van der Waals surface area (Å²) in [5.41, 5.74) is -0.553. The smallest absolute Gasteiger partial charge is 0.336 e. The maximum absolute atomic E-state index is 10.4. The molecule has 6 heteroatoms. The maximum Gasteiger partial charge on any atom is 0.336 e. The molecule has 1 aliphatic rings. The minimum absolute atomic E-state index is 0.252. The van der Waals surface area contributed by atoms with Crippen LogP contribution in [0.4, 0.5) is 0 Å². The lowest BCUT2D eigenvalue weighted by atomic mass is 10.1. The van der Waals surface area contributed by atoms with E-state index in [9.17, 15) is 14.7 Å². The molecule has 0 radical (unpaired) electrons. The number of carbonyl (C=O) groups excluding carboxylic acids is 1. The molecule has 25 heavy (non-hydrogen) atoms. The quantitative estimate of drug-likeness (QED) is 0.791. The van der Waals surface area contributed by atoms with Gasteiger partial charge in [-0.2, -0.15) is 0 Å². The first-order valence-electron chi connectivity index (χ1n) is 8.82. The molecule has 1 N–H and O–H groups in total. The zero-order valence-corrected chi connectivity index (χ0v) is 15.5. The summed E-state index contributed by atoms with van der Waals surface area (Å²) in [4.78, 5) is 23.4. The van der Waals surface area contributed by atoms with Gasteiger partial charge in [-0.25, -0.2) is 4.79 Å². The third-order valence-corrected chi connectivity index (χ3v) is 4.46. The van der Waals surface area contributed by atoms with E-state index in [1.165, 1.54) is 43.7 Å². The van der Waals surface area contributed by atoms with Gasteiger partial charge in [0.25, 0.3) is 0 Å². The molecular weight excluding hydrogens is 320 g/mol. The Hall–Kier alpha value is -2.37. The second-order valence-electron chi connectivity index (χ2n) is 5.79. The van der Waals surface area contributed by atoms with Crippen LogP contribution in [0.15, 0.2) is 24.3 Å². The molecular formula is C19H28N2O4. The van der Waals surface area contributed by atoms with E-state index in [2.05, 4.69) is 37.2 Å².